The van der Waals surface area contributed by atoms with Gasteiger partial charge in [0, 0.05) is 29.5 Å². The van der Waals surface area contributed by atoms with Crippen LogP contribution in [0.1, 0.15) is 11.1 Å². The molecule has 2 aromatic heterocycles. The minimum absolute atomic E-state index is 0.00416. The van der Waals surface area contributed by atoms with Crippen molar-refractivity contribution in [3.8, 4) is 17.2 Å². The lowest BCUT2D eigenvalue weighted by atomic mass is 10.1. The van der Waals surface area contributed by atoms with Gasteiger partial charge in [0.05, 0.1) is 48.0 Å². The highest BCUT2D eigenvalue weighted by Gasteiger charge is 2.27. The number of phenols is 2. The molecule has 0 radical (unpaired) electrons. The highest BCUT2D eigenvalue weighted by molar-refractivity contribution is 7.91. The van der Waals surface area contributed by atoms with Gasteiger partial charge in [0.1, 0.15) is 32.6 Å². The van der Waals surface area contributed by atoms with Crippen LogP contribution in [0.25, 0.3) is 21.5 Å². The topological polar surface area (TPSA) is 545 Å². The maximum Gasteiger partial charge on any atom is 0.425 e. The summed E-state index contributed by atoms with van der Waals surface area (Å²) in [4.78, 5) is 25.5. The summed E-state index contributed by atoms with van der Waals surface area (Å²) in [6.45, 7) is 0.679. The molecule has 0 aliphatic rings. The van der Waals surface area contributed by atoms with Gasteiger partial charge in [-0.3, -0.25) is 13.7 Å². The van der Waals surface area contributed by atoms with Crippen LogP contribution >= 0.6 is 23.2 Å². The second kappa shape index (κ2) is 31.0. The number of nitrogens with zero attached hydrogens (tertiary/aromatic N) is 11. The molecule has 9 aromatic rings. The Bertz CT molecular complexity index is 5180. The van der Waals surface area contributed by atoms with Crippen LogP contribution < -0.4 is 25.6 Å². The van der Waals surface area contributed by atoms with Gasteiger partial charge in [0.15, 0.2) is 21.3 Å². The molecule has 0 spiro atoms. The SMILES string of the molecule is COc1ccc(C)cc1N=Nc1c(S(=O)(=O)O)cc2cccc(Nc3nc(Cl)nc(N(CCO)Cc4ccc(Nc5nc(Cl)nc(Nc6cccc7cc(S(=O)(=O)O)c(N=Nc8ccc(S(=O)(=O)CCOS(=O)(=O)O)cc8)c(O)c67)n5)cc4)n3)c2c1O.O=S(=O)=O.O=S(=O)=O. The van der Waals surface area contributed by atoms with Gasteiger partial charge in [-0.2, -0.15) is 60.3 Å². The summed E-state index contributed by atoms with van der Waals surface area (Å²) in [6, 6.07) is 27.4. The average Bonchev–Trinajstić information content (AvgIpc) is 0.766. The minimum Gasteiger partial charge on any atom is -0.505 e. The first-order chi connectivity index (χ1) is 44.6. The van der Waals surface area contributed by atoms with Crippen LogP contribution in [-0.4, -0.2) is 150 Å². The highest BCUT2D eigenvalue weighted by Crippen LogP contribution is 2.47. The number of halogens is 2. The molecule has 36 nitrogen and oxygen atoms in total. The largest absolute Gasteiger partial charge is 0.505 e. The van der Waals surface area contributed by atoms with Gasteiger partial charge in [-0.05, 0) is 125 Å². The number of aryl methyl sites for hydroxylation is 1. The molecule has 95 heavy (non-hydrogen) atoms. The summed E-state index contributed by atoms with van der Waals surface area (Å²) in [5.41, 5.74) is 1.02. The number of ether oxygens (including phenoxy) is 1. The monoisotopic (exact) mass is 1470 g/mol. The molecule has 0 saturated heterocycles. The van der Waals surface area contributed by atoms with Gasteiger partial charge in [-0.1, -0.05) is 42.5 Å². The number of aliphatic hydroxyl groups is 1. The third kappa shape index (κ3) is 20.2. The number of anilines is 7. The Kier molecular flexibility index (Phi) is 23.8. The van der Waals surface area contributed by atoms with Gasteiger partial charge in [-0.15, -0.1) is 40.6 Å². The number of aromatic nitrogens is 6. The number of aromatic hydroxyl groups is 2. The lowest BCUT2D eigenvalue weighted by Crippen LogP contribution is -2.28. The molecular weight excluding hydrogens is 1420 g/mol. The van der Waals surface area contributed by atoms with Crippen LogP contribution in [0.3, 0.4) is 0 Å². The molecule has 0 aliphatic heterocycles. The lowest BCUT2D eigenvalue weighted by Gasteiger charge is -2.22. The van der Waals surface area contributed by atoms with Crippen molar-refractivity contribution in [2.45, 2.75) is 28.2 Å². The second-order valence-electron chi connectivity index (χ2n) is 18.6. The first-order valence-corrected chi connectivity index (χ1v) is 34.4. The molecule has 0 unspecified atom stereocenters. The van der Waals surface area contributed by atoms with E-state index in [0.29, 0.717) is 17.0 Å². The molecule has 0 fully saturated rings. The smallest absolute Gasteiger partial charge is 0.425 e. The fourth-order valence-corrected chi connectivity index (χ4v) is 11.5. The van der Waals surface area contributed by atoms with Crippen molar-refractivity contribution in [3.05, 3.63) is 137 Å². The van der Waals surface area contributed by atoms with E-state index < -0.39 is 107 Å². The first-order valence-electron chi connectivity index (χ1n) is 25.7. The molecule has 500 valence electrons. The number of sulfone groups is 1. The van der Waals surface area contributed by atoms with Gasteiger partial charge in [0.25, 0.3) is 20.2 Å². The summed E-state index contributed by atoms with van der Waals surface area (Å²) in [6.07, 6.45) is 0. The predicted molar refractivity (Wildman–Crippen MR) is 336 cm³/mol. The van der Waals surface area contributed by atoms with E-state index in [2.05, 4.69) is 70.5 Å². The third-order valence-corrected chi connectivity index (χ3v) is 16.5. The number of hydrogen-bond acceptors (Lipinski definition) is 33. The van der Waals surface area contributed by atoms with Crippen LogP contribution in [0.5, 0.6) is 17.2 Å². The maximum atomic E-state index is 12.7. The van der Waals surface area contributed by atoms with Crippen molar-refractivity contribution in [1.29, 1.82) is 0 Å². The van der Waals surface area contributed by atoms with Gasteiger partial charge in [0.2, 0.25) is 34.4 Å². The standard InChI is InChI=1S/C51H44Cl2N14O16S4.2O3S/c1-27-9-18-37(82-2)36(23-27)64-66-43-39(86(76,77)78)25-30-6-4-8-35(41(30)45(43)70)56-50-59-47(53)60-51(62-50)67(19-20-68)26-28-10-12-31(13-11-28)54-48-57-46(52)58-49(61-48)55-34-7-3-5-29-24-38(85(73,74)75)42(44(69)40(29)34)65-63-32-14-16-33(17-15-32)84(71,72)22-21-83-87(79,80)81;2*1-4(2)3/h3-18,23-25,68-70H,19-22,26H2,1-2H3,(H,73,74,75)(H,76,77,78)(H,79,80,81)(H,56,59,60,62)(H2,54,55,57,58,61);;. The van der Waals surface area contributed by atoms with E-state index >= 15 is 0 Å². The number of benzene rings is 7. The predicted octanol–water partition coefficient (Wildman–Crippen LogP) is 7.54. The number of rotatable bonds is 23. The zero-order chi connectivity index (χ0) is 69.7. The Labute approximate surface area is 549 Å². The molecule has 44 heteroatoms. The Hall–Kier alpha value is -9.70. The Balaban J connectivity index is 0.00000151. The van der Waals surface area contributed by atoms with Crippen molar-refractivity contribution in [1.82, 2.24) is 29.9 Å². The number of azo groups is 2. The molecule has 0 aliphatic carbocycles. The molecule has 9 rings (SSSR count). The number of phenolic OH excluding ortho intramolecular Hbond substituents is 2. The minimum atomic E-state index is -5.07. The van der Waals surface area contributed by atoms with Crippen LogP contribution in [0, 0.1) is 6.92 Å². The van der Waals surface area contributed by atoms with E-state index in [0.717, 1.165) is 29.8 Å². The molecule has 7 aromatic carbocycles. The number of hydrogen-bond donors (Lipinski definition) is 9. The zero-order valence-corrected chi connectivity index (χ0v) is 54.3. The number of aliphatic hydroxyl groups excluding tert-OH is 1. The summed E-state index contributed by atoms with van der Waals surface area (Å²) in [5.74, 6) is -2.31. The van der Waals surface area contributed by atoms with E-state index in [4.69, 9.17) is 57.7 Å². The lowest BCUT2D eigenvalue weighted by molar-refractivity contribution is 0.283. The Morgan fingerprint density at radius 3 is 1.58 bits per heavy atom. The number of fused-ring (bicyclic) bond motifs is 2. The average molecular weight is 1470 g/mol. The van der Waals surface area contributed by atoms with Gasteiger partial charge in [-0.25, -0.2) is 12.6 Å². The Morgan fingerprint density at radius 1 is 0.589 bits per heavy atom. The summed E-state index contributed by atoms with van der Waals surface area (Å²) >= 11 is 12.8. The second-order valence-corrected chi connectivity index (χ2v) is 26.1. The van der Waals surface area contributed by atoms with Crippen molar-refractivity contribution in [3.63, 3.8) is 0 Å². The molecule has 0 atom stereocenters. The summed E-state index contributed by atoms with van der Waals surface area (Å²) in [5, 5.41) is 58.1. The fourth-order valence-electron chi connectivity index (χ4n) is 8.42. The van der Waals surface area contributed by atoms with Crippen LogP contribution in [0.4, 0.5) is 63.6 Å². The van der Waals surface area contributed by atoms with E-state index in [1.54, 1.807) is 60.4 Å². The first kappa shape index (κ1) is 72.7. The van der Waals surface area contributed by atoms with Crippen LogP contribution in [0.15, 0.2) is 150 Å². The third-order valence-electron chi connectivity index (χ3n) is 12.3. The van der Waals surface area contributed by atoms with Crippen molar-refractivity contribution in [2.24, 2.45) is 20.5 Å². The van der Waals surface area contributed by atoms with E-state index in [9.17, 15) is 58.1 Å². The quantitative estimate of drug-likeness (QED) is 0.0220. The maximum absolute atomic E-state index is 12.7. The molecule has 0 saturated carbocycles. The van der Waals surface area contributed by atoms with E-state index in [-0.39, 0.29) is 103 Å². The fraction of sp³-hybridized carbons (Fsp3) is 0.137. The highest BCUT2D eigenvalue weighted by atomic mass is 35.5. The van der Waals surface area contributed by atoms with Crippen molar-refractivity contribution in [2.75, 3.05) is 53.5 Å². The summed E-state index contributed by atoms with van der Waals surface area (Å²) in [7, 11) is -23.8. The number of methoxy groups -OCH3 is 1. The molecule has 2 heterocycles. The van der Waals surface area contributed by atoms with E-state index in [1.807, 2.05) is 0 Å². The van der Waals surface area contributed by atoms with Crippen molar-refractivity contribution >= 4 is 170 Å². The number of nitrogens with one attached hydrogen (secondary N) is 3. The summed E-state index contributed by atoms with van der Waals surface area (Å²) < 4.78 is 187. The zero-order valence-electron chi connectivity index (χ0n) is 47.8. The molecular formula is C51H44Cl2N14O22S6. The molecule has 0 bridgehead atoms. The Morgan fingerprint density at radius 2 is 1.08 bits per heavy atom. The van der Waals surface area contributed by atoms with Gasteiger partial charge >= 0.3 is 31.6 Å². The molecule has 0 amide bonds. The molecule has 9 N–H and O–H groups in total. The van der Waals surface area contributed by atoms with E-state index in [1.165, 1.54) is 49.6 Å². The van der Waals surface area contributed by atoms with Crippen LogP contribution in [-0.2, 0) is 72.4 Å². The van der Waals surface area contributed by atoms with Gasteiger partial charge < -0.3 is 40.9 Å². The van der Waals surface area contributed by atoms with Crippen LogP contribution in [0.2, 0.25) is 10.6 Å². The normalized spacial score (nSPS) is 11.8. The van der Waals surface area contributed by atoms with Crippen molar-refractivity contribution < 1.29 is 96.8 Å².